The van der Waals surface area contributed by atoms with E-state index in [9.17, 15) is 18.0 Å². The molecule has 204 valence electrons. The molecule has 0 atom stereocenters. The van der Waals surface area contributed by atoms with Gasteiger partial charge < -0.3 is 14.6 Å². The van der Waals surface area contributed by atoms with Gasteiger partial charge >= 0.3 is 6.18 Å². The lowest BCUT2D eigenvalue weighted by atomic mass is 9.97. The van der Waals surface area contributed by atoms with E-state index in [1.54, 1.807) is 4.90 Å². The molecule has 0 saturated carbocycles. The summed E-state index contributed by atoms with van der Waals surface area (Å²) >= 11 is 1.53. The molecule has 0 N–H and O–H groups in total. The number of alkyl halides is 3. The summed E-state index contributed by atoms with van der Waals surface area (Å²) in [4.78, 5) is 29.7. The fourth-order valence-corrected chi connectivity index (χ4v) is 5.31. The molecule has 3 aromatic rings. The zero-order valence-electron chi connectivity index (χ0n) is 21.0. The second kappa shape index (κ2) is 11.4. The molecule has 0 aliphatic carbocycles. The molecule has 1 fully saturated rings. The predicted octanol–water partition coefficient (Wildman–Crippen LogP) is 4.88. The molecule has 0 bridgehead atoms. The van der Waals surface area contributed by atoms with Crippen molar-refractivity contribution in [3.8, 4) is 0 Å². The van der Waals surface area contributed by atoms with Gasteiger partial charge in [-0.2, -0.15) is 18.3 Å². The lowest BCUT2D eigenvalue weighted by Gasteiger charge is -2.31. The van der Waals surface area contributed by atoms with E-state index in [-0.39, 0.29) is 18.4 Å². The number of rotatable bonds is 7. The minimum atomic E-state index is -4.54. The van der Waals surface area contributed by atoms with Crippen LogP contribution < -0.4 is 0 Å². The SMILES string of the molecule is Cc1cc(C(F)(F)F)nn1CC(=O)N1CCC(c2nc(C3=NOC(=C=NOCc4ccccc4)C3)cs2)CC1. The van der Waals surface area contributed by atoms with Crippen molar-refractivity contribution in [1.82, 2.24) is 19.7 Å². The highest BCUT2D eigenvalue weighted by Gasteiger charge is 2.35. The van der Waals surface area contributed by atoms with Gasteiger partial charge in [0.25, 0.3) is 0 Å². The van der Waals surface area contributed by atoms with Gasteiger partial charge in [0.2, 0.25) is 11.7 Å². The molecule has 4 heterocycles. The summed E-state index contributed by atoms with van der Waals surface area (Å²) in [5.41, 5.74) is 1.71. The molecule has 2 aromatic heterocycles. The molecule has 1 aromatic carbocycles. The van der Waals surface area contributed by atoms with E-state index in [0.717, 1.165) is 27.0 Å². The number of oxime groups is 1. The molecule has 13 heteroatoms. The summed E-state index contributed by atoms with van der Waals surface area (Å²) in [5.74, 6) is 3.10. The van der Waals surface area contributed by atoms with E-state index >= 15 is 0 Å². The Kier molecular flexibility index (Phi) is 7.80. The van der Waals surface area contributed by atoms with Crippen LogP contribution in [0.3, 0.4) is 0 Å². The molecule has 9 nitrogen and oxygen atoms in total. The molecule has 0 radical (unpaired) electrons. The number of piperidine rings is 1. The molecule has 0 unspecified atom stereocenters. The van der Waals surface area contributed by atoms with Crippen LogP contribution >= 0.6 is 11.3 Å². The summed E-state index contributed by atoms with van der Waals surface area (Å²) in [6.07, 6.45) is -2.71. The standard InChI is InChI=1S/C26H25F3N6O3S/c1-17-11-23(26(27,28)29)32-35(17)14-24(36)34-9-7-19(8-10-34)25-31-22(16-39-25)21-12-20(38-33-21)13-30-37-15-18-5-3-2-4-6-18/h2-6,11,16,19H,7-10,12,14-15H2,1H3. The van der Waals surface area contributed by atoms with Crippen molar-refractivity contribution < 1.29 is 27.6 Å². The van der Waals surface area contributed by atoms with Crippen LogP contribution in [0.1, 0.15) is 52.8 Å². The first-order valence-electron chi connectivity index (χ1n) is 12.3. The van der Waals surface area contributed by atoms with Gasteiger partial charge in [-0.15, -0.1) is 11.3 Å². The second-order valence-electron chi connectivity index (χ2n) is 9.24. The van der Waals surface area contributed by atoms with Crippen molar-refractivity contribution >= 4 is 28.8 Å². The van der Waals surface area contributed by atoms with Gasteiger partial charge in [0.1, 0.15) is 18.9 Å². The first-order valence-corrected chi connectivity index (χ1v) is 13.2. The van der Waals surface area contributed by atoms with Crippen LogP contribution in [0.15, 0.2) is 57.8 Å². The molecule has 1 saturated heterocycles. The number of likely N-dealkylation sites (tertiary alicyclic amines) is 1. The molecule has 1 amide bonds. The summed E-state index contributed by atoms with van der Waals surface area (Å²) in [6.45, 7) is 2.62. The zero-order chi connectivity index (χ0) is 27.4. The number of aromatic nitrogens is 3. The van der Waals surface area contributed by atoms with Crippen LogP contribution in [0.4, 0.5) is 13.2 Å². The van der Waals surface area contributed by atoms with E-state index in [4.69, 9.17) is 14.7 Å². The van der Waals surface area contributed by atoms with Gasteiger partial charge in [0.15, 0.2) is 5.69 Å². The maximum atomic E-state index is 12.9. The van der Waals surface area contributed by atoms with Gasteiger partial charge in [-0.25, -0.2) is 4.98 Å². The van der Waals surface area contributed by atoms with Gasteiger partial charge in [0.05, 0.1) is 23.0 Å². The van der Waals surface area contributed by atoms with E-state index in [1.807, 2.05) is 35.7 Å². The first kappa shape index (κ1) is 26.6. The Hall–Kier alpha value is -3.96. The normalized spacial score (nSPS) is 16.1. The first-order chi connectivity index (χ1) is 18.8. The molecule has 2 aliphatic rings. The predicted molar refractivity (Wildman–Crippen MR) is 137 cm³/mol. The largest absolute Gasteiger partial charge is 0.435 e. The van der Waals surface area contributed by atoms with Crippen molar-refractivity contribution in [2.75, 3.05) is 13.1 Å². The van der Waals surface area contributed by atoms with Crippen LogP contribution in [-0.4, -0.2) is 50.2 Å². The smallest absolute Gasteiger partial charge is 0.384 e. The Morgan fingerprint density at radius 1 is 1.26 bits per heavy atom. The summed E-state index contributed by atoms with van der Waals surface area (Å²) in [7, 11) is 0. The highest BCUT2D eigenvalue weighted by Crippen LogP contribution is 2.32. The third-order valence-corrected chi connectivity index (χ3v) is 7.48. The van der Waals surface area contributed by atoms with Crippen LogP contribution in [0.25, 0.3) is 0 Å². The number of hydrogen-bond donors (Lipinski definition) is 0. The van der Waals surface area contributed by atoms with Crippen LogP contribution in [0.2, 0.25) is 0 Å². The number of benzene rings is 1. The van der Waals surface area contributed by atoms with E-state index in [0.29, 0.717) is 56.1 Å². The van der Waals surface area contributed by atoms with Crippen molar-refractivity contribution in [3.63, 3.8) is 0 Å². The number of carbonyl (C=O) groups excluding carboxylic acids is 1. The van der Waals surface area contributed by atoms with Crippen LogP contribution in [-0.2, 0) is 33.8 Å². The minimum absolute atomic E-state index is 0.182. The topological polar surface area (TPSA) is 94.2 Å². The Bertz CT molecular complexity index is 1420. The van der Waals surface area contributed by atoms with E-state index in [2.05, 4.69) is 21.3 Å². The van der Waals surface area contributed by atoms with Gasteiger partial charge in [-0.3, -0.25) is 9.48 Å². The quantitative estimate of drug-likeness (QED) is 0.304. The second-order valence-corrected chi connectivity index (χ2v) is 10.1. The van der Waals surface area contributed by atoms with E-state index in [1.165, 1.54) is 18.3 Å². The Balaban J connectivity index is 1.10. The molecule has 2 aliphatic heterocycles. The monoisotopic (exact) mass is 558 g/mol. The highest BCUT2D eigenvalue weighted by molar-refractivity contribution is 7.10. The third kappa shape index (κ3) is 6.55. The molecular formula is C26H25F3N6O3S. The summed E-state index contributed by atoms with van der Waals surface area (Å²) in [5, 5.41) is 14.4. The number of thiazole rings is 1. The minimum Gasteiger partial charge on any atom is -0.384 e. The zero-order valence-corrected chi connectivity index (χ0v) is 21.8. The van der Waals surface area contributed by atoms with E-state index < -0.39 is 11.9 Å². The molecular weight excluding hydrogens is 533 g/mol. The molecule has 39 heavy (non-hydrogen) atoms. The molecule has 5 rings (SSSR count). The summed E-state index contributed by atoms with van der Waals surface area (Å²) in [6, 6.07) is 10.6. The summed E-state index contributed by atoms with van der Waals surface area (Å²) < 4.78 is 39.8. The maximum Gasteiger partial charge on any atom is 0.435 e. The van der Waals surface area contributed by atoms with Crippen LogP contribution in [0, 0.1) is 6.92 Å². The maximum absolute atomic E-state index is 12.9. The fourth-order valence-electron chi connectivity index (χ4n) is 4.31. The van der Waals surface area contributed by atoms with Crippen molar-refractivity contribution in [1.29, 1.82) is 0 Å². The number of carbonyl (C=O) groups is 1. The lowest BCUT2D eigenvalue weighted by Crippen LogP contribution is -2.40. The number of amides is 1. The highest BCUT2D eigenvalue weighted by atomic mass is 32.1. The molecule has 0 spiro atoms. The number of halogens is 3. The lowest BCUT2D eigenvalue weighted by molar-refractivity contribution is -0.142. The van der Waals surface area contributed by atoms with Crippen molar-refractivity contribution in [3.05, 3.63) is 75.2 Å². The van der Waals surface area contributed by atoms with Crippen LogP contribution in [0.5, 0.6) is 0 Å². The average Bonchev–Trinajstić information content (AvgIpc) is 3.68. The fraction of sp³-hybridized carbons (Fsp3) is 0.385. The Labute approximate surface area is 226 Å². The Morgan fingerprint density at radius 2 is 2.03 bits per heavy atom. The van der Waals surface area contributed by atoms with Gasteiger partial charge in [0, 0.05) is 30.1 Å². The Morgan fingerprint density at radius 3 is 2.74 bits per heavy atom. The van der Waals surface area contributed by atoms with Gasteiger partial charge in [-0.1, -0.05) is 35.5 Å². The average molecular weight is 559 g/mol. The number of hydrogen-bond acceptors (Lipinski definition) is 8. The third-order valence-electron chi connectivity index (χ3n) is 6.47. The van der Waals surface area contributed by atoms with Crippen molar-refractivity contribution in [2.45, 2.75) is 51.4 Å². The number of allylic oxidation sites excluding steroid dienone is 1. The number of nitrogens with zero attached hydrogens (tertiary/aromatic N) is 6. The number of aryl methyl sites for hydroxylation is 1. The van der Waals surface area contributed by atoms with Gasteiger partial charge in [-0.05, 0) is 36.6 Å². The van der Waals surface area contributed by atoms with Crippen molar-refractivity contribution in [2.24, 2.45) is 10.3 Å².